The molecule has 0 bridgehead atoms. The molecular formula is C28H31N7O3. The van der Waals surface area contributed by atoms with Crippen LogP contribution in [-0.4, -0.2) is 69.6 Å². The van der Waals surface area contributed by atoms with Gasteiger partial charge in [-0.2, -0.15) is 9.97 Å². The smallest absolute Gasteiger partial charge is 0.325 e. The summed E-state index contributed by atoms with van der Waals surface area (Å²) in [7, 11) is 1.35. The van der Waals surface area contributed by atoms with Crippen molar-refractivity contribution in [3.8, 4) is 0 Å². The van der Waals surface area contributed by atoms with Crippen LogP contribution in [0.4, 0.5) is 11.8 Å². The number of aryl methyl sites for hydroxylation is 2. The van der Waals surface area contributed by atoms with Crippen LogP contribution in [0.1, 0.15) is 27.0 Å². The minimum absolute atomic E-state index is 0.000313. The number of benzene rings is 2. The van der Waals surface area contributed by atoms with Gasteiger partial charge in [0.05, 0.1) is 13.4 Å². The summed E-state index contributed by atoms with van der Waals surface area (Å²) in [6, 6.07) is 15.9. The zero-order valence-electron chi connectivity index (χ0n) is 21.8. The Hall–Kier alpha value is -4.47. The molecule has 0 saturated carbocycles. The molecule has 4 aromatic rings. The van der Waals surface area contributed by atoms with Gasteiger partial charge in [0, 0.05) is 38.3 Å². The first-order valence-corrected chi connectivity index (χ1v) is 12.6. The third-order valence-corrected chi connectivity index (χ3v) is 6.71. The second-order valence-corrected chi connectivity index (χ2v) is 9.48. The number of methoxy groups -OCH3 is 1. The lowest BCUT2D eigenvalue weighted by Gasteiger charge is -2.35. The van der Waals surface area contributed by atoms with Gasteiger partial charge in [-0.1, -0.05) is 47.5 Å². The summed E-state index contributed by atoms with van der Waals surface area (Å²) in [6.45, 7) is 6.92. The van der Waals surface area contributed by atoms with Crippen LogP contribution in [0.3, 0.4) is 0 Å². The van der Waals surface area contributed by atoms with E-state index in [2.05, 4.69) is 46.4 Å². The predicted octanol–water partition coefficient (Wildman–Crippen LogP) is 3.19. The summed E-state index contributed by atoms with van der Waals surface area (Å²) in [4.78, 5) is 43.0. The predicted molar refractivity (Wildman–Crippen MR) is 145 cm³/mol. The molecule has 10 heteroatoms. The second kappa shape index (κ2) is 10.9. The summed E-state index contributed by atoms with van der Waals surface area (Å²) in [5, 5.41) is 3.40. The number of fused-ring (bicyclic) bond motifs is 1. The lowest BCUT2D eigenvalue weighted by molar-refractivity contribution is -0.141. The molecular weight excluding hydrogens is 482 g/mol. The van der Waals surface area contributed by atoms with Crippen LogP contribution >= 0.6 is 0 Å². The van der Waals surface area contributed by atoms with Crippen molar-refractivity contribution in [3.63, 3.8) is 0 Å². The highest BCUT2D eigenvalue weighted by atomic mass is 16.5. The number of anilines is 2. The van der Waals surface area contributed by atoms with Gasteiger partial charge >= 0.3 is 5.97 Å². The lowest BCUT2D eigenvalue weighted by atomic mass is 10.1. The average Bonchev–Trinajstić information content (AvgIpc) is 3.35. The van der Waals surface area contributed by atoms with Crippen molar-refractivity contribution >= 4 is 34.8 Å². The number of carbonyl (C=O) groups excluding carboxylic acids is 2. The fraction of sp³-hybridized carbons (Fsp3) is 0.321. The molecule has 2 aromatic carbocycles. The Bertz CT molecular complexity index is 1440. The molecule has 3 heterocycles. The van der Waals surface area contributed by atoms with Gasteiger partial charge in [0.25, 0.3) is 5.91 Å². The van der Waals surface area contributed by atoms with Gasteiger partial charge in [0.15, 0.2) is 17.0 Å². The SMILES string of the molecule is COC(=O)Cn1cnc2c(NCc3ccc(C)cc3)nc(N3CCN(C(=O)c4ccc(C)cc4)CC3)nc21. The van der Waals surface area contributed by atoms with Gasteiger partial charge in [-0.05, 0) is 31.5 Å². The average molecular weight is 514 g/mol. The zero-order valence-corrected chi connectivity index (χ0v) is 21.8. The first-order chi connectivity index (χ1) is 18.4. The van der Waals surface area contributed by atoms with Crippen LogP contribution < -0.4 is 10.2 Å². The minimum Gasteiger partial charge on any atom is -0.468 e. The molecule has 1 N–H and O–H groups in total. The van der Waals surface area contributed by atoms with E-state index in [1.807, 2.05) is 36.1 Å². The van der Waals surface area contributed by atoms with Gasteiger partial charge in [0.2, 0.25) is 5.95 Å². The second-order valence-electron chi connectivity index (χ2n) is 9.48. The van der Waals surface area contributed by atoms with E-state index in [0.717, 1.165) is 11.1 Å². The third-order valence-electron chi connectivity index (χ3n) is 6.71. The molecule has 1 amide bonds. The van der Waals surface area contributed by atoms with Crippen LogP contribution in [0.5, 0.6) is 0 Å². The molecule has 0 aliphatic carbocycles. The third kappa shape index (κ3) is 5.44. The standard InChI is InChI=1S/C28H31N7O3/c1-19-4-8-21(9-5-19)16-29-25-24-26(35(18-30-24)17-23(36)38-3)32-28(31-25)34-14-12-33(13-15-34)27(37)22-10-6-20(2)7-11-22/h4-11,18H,12-17H2,1-3H3,(H,29,31,32). The van der Waals surface area contributed by atoms with Crippen molar-refractivity contribution < 1.29 is 14.3 Å². The largest absolute Gasteiger partial charge is 0.468 e. The van der Waals surface area contributed by atoms with Gasteiger partial charge in [0.1, 0.15) is 6.54 Å². The number of aromatic nitrogens is 4. The maximum Gasteiger partial charge on any atom is 0.325 e. The molecule has 1 saturated heterocycles. The van der Waals surface area contributed by atoms with Crippen LogP contribution in [0.15, 0.2) is 54.9 Å². The van der Waals surface area contributed by atoms with Gasteiger partial charge in [-0.25, -0.2) is 4.98 Å². The number of nitrogens with one attached hydrogen (secondary N) is 1. The van der Waals surface area contributed by atoms with Crippen molar-refractivity contribution in [1.82, 2.24) is 24.4 Å². The summed E-state index contributed by atoms with van der Waals surface area (Å²) < 4.78 is 6.51. The van der Waals surface area contributed by atoms with E-state index in [0.29, 0.717) is 61.2 Å². The van der Waals surface area contributed by atoms with Crippen molar-refractivity contribution in [3.05, 3.63) is 77.1 Å². The number of nitrogens with zero attached hydrogens (tertiary/aromatic N) is 6. The Labute approximate surface area is 221 Å². The summed E-state index contributed by atoms with van der Waals surface area (Å²) in [6.07, 6.45) is 1.58. The van der Waals surface area contributed by atoms with Crippen molar-refractivity contribution in [1.29, 1.82) is 0 Å². The first-order valence-electron chi connectivity index (χ1n) is 12.6. The topological polar surface area (TPSA) is 105 Å². The monoisotopic (exact) mass is 513 g/mol. The van der Waals surface area contributed by atoms with E-state index in [9.17, 15) is 9.59 Å². The molecule has 0 radical (unpaired) electrons. The van der Waals surface area contributed by atoms with Gasteiger partial charge in [-0.15, -0.1) is 0 Å². The molecule has 1 aliphatic rings. The molecule has 196 valence electrons. The molecule has 1 fully saturated rings. The Morgan fingerprint density at radius 3 is 2.24 bits per heavy atom. The van der Waals surface area contributed by atoms with Crippen LogP contribution in [0.2, 0.25) is 0 Å². The number of piperazine rings is 1. The maximum absolute atomic E-state index is 13.0. The number of carbonyl (C=O) groups is 2. The highest BCUT2D eigenvalue weighted by molar-refractivity contribution is 5.94. The summed E-state index contributed by atoms with van der Waals surface area (Å²) >= 11 is 0. The maximum atomic E-state index is 13.0. The quantitative estimate of drug-likeness (QED) is 0.376. The molecule has 0 spiro atoms. The summed E-state index contributed by atoms with van der Waals surface area (Å²) in [5.74, 6) is 0.754. The van der Waals surface area contributed by atoms with Crippen LogP contribution in [0.25, 0.3) is 11.2 Å². The van der Waals surface area contributed by atoms with Gasteiger partial charge < -0.3 is 24.4 Å². The van der Waals surface area contributed by atoms with Crippen molar-refractivity contribution in [2.24, 2.45) is 0 Å². The van der Waals surface area contributed by atoms with Gasteiger partial charge in [-0.3, -0.25) is 9.59 Å². The highest BCUT2D eigenvalue weighted by Gasteiger charge is 2.25. The molecule has 2 aromatic heterocycles. The number of imidazole rings is 1. The van der Waals surface area contributed by atoms with Crippen molar-refractivity contribution in [2.75, 3.05) is 43.5 Å². The fourth-order valence-corrected chi connectivity index (χ4v) is 4.40. The Kier molecular flexibility index (Phi) is 7.21. The molecule has 38 heavy (non-hydrogen) atoms. The zero-order chi connectivity index (χ0) is 26.6. The number of esters is 1. The van der Waals surface area contributed by atoms with E-state index in [1.54, 1.807) is 10.9 Å². The van der Waals surface area contributed by atoms with Crippen LogP contribution in [-0.2, 0) is 22.6 Å². The Balaban J connectivity index is 1.38. The number of hydrogen-bond acceptors (Lipinski definition) is 8. The van der Waals surface area contributed by atoms with E-state index in [4.69, 9.17) is 14.7 Å². The Morgan fingerprint density at radius 2 is 1.58 bits per heavy atom. The molecule has 1 aliphatic heterocycles. The van der Waals surface area contributed by atoms with E-state index in [1.165, 1.54) is 12.7 Å². The fourth-order valence-electron chi connectivity index (χ4n) is 4.40. The lowest BCUT2D eigenvalue weighted by Crippen LogP contribution is -2.49. The molecule has 5 rings (SSSR count). The Morgan fingerprint density at radius 1 is 0.921 bits per heavy atom. The van der Waals surface area contributed by atoms with E-state index >= 15 is 0 Å². The van der Waals surface area contributed by atoms with E-state index in [-0.39, 0.29) is 18.4 Å². The number of hydrogen-bond donors (Lipinski definition) is 1. The first kappa shape index (κ1) is 25.2. The molecule has 10 nitrogen and oxygen atoms in total. The van der Waals surface area contributed by atoms with E-state index < -0.39 is 0 Å². The van der Waals surface area contributed by atoms with Crippen molar-refractivity contribution in [2.45, 2.75) is 26.9 Å². The number of ether oxygens (including phenoxy) is 1. The normalized spacial score (nSPS) is 13.6. The molecule has 0 unspecified atom stereocenters. The number of rotatable bonds is 7. The molecule has 0 atom stereocenters. The number of amides is 1. The highest BCUT2D eigenvalue weighted by Crippen LogP contribution is 2.24. The summed E-state index contributed by atoms with van der Waals surface area (Å²) in [5.41, 5.74) is 5.25. The van der Waals surface area contributed by atoms with Crippen LogP contribution in [0, 0.1) is 13.8 Å². The minimum atomic E-state index is -0.387.